The molecule has 4 heteroatoms. The zero-order valence-electron chi connectivity index (χ0n) is 4.92. The van der Waals surface area contributed by atoms with Crippen LogP contribution in [0.25, 0.3) is 0 Å². The fourth-order valence-corrected chi connectivity index (χ4v) is 1.29. The quantitative estimate of drug-likeness (QED) is 0.404. The van der Waals surface area contributed by atoms with Crippen LogP contribution in [0.15, 0.2) is 0 Å². The first-order valence-electron chi connectivity index (χ1n) is 2.68. The second-order valence-electron chi connectivity index (χ2n) is 1.77. The van der Waals surface area contributed by atoms with E-state index in [0.29, 0.717) is 18.5 Å². The topological polar surface area (TPSA) is 43.4 Å². The zero-order valence-corrected chi connectivity index (χ0v) is 5.73. The fourth-order valence-electron chi connectivity index (χ4n) is 0.628. The van der Waals surface area contributed by atoms with Gasteiger partial charge in [-0.2, -0.15) is 0 Å². The second kappa shape index (κ2) is 2.39. The highest BCUT2D eigenvalue weighted by atomic mass is 32.2. The molecule has 0 N–H and O–H groups in total. The van der Waals surface area contributed by atoms with Gasteiger partial charge in [-0.05, 0) is 6.42 Å². The summed E-state index contributed by atoms with van der Waals surface area (Å²) in [7, 11) is 0. The minimum absolute atomic E-state index is 0.164. The van der Waals surface area contributed by atoms with E-state index in [1.54, 1.807) is 6.92 Å². The normalized spacial score (nSPS) is 26.6. The lowest BCUT2D eigenvalue weighted by Crippen LogP contribution is -2.12. The number of hydrogen-bond acceptors (Lipinski definition) is 4. The predicted molar refractivity (Wildman–Crippen MR) is 32.5 cm³/mol. The van der Waals surface area contributed by atoms with Crippen LogP contribution in [0.5, 0.6) is 0 Å². The molecule has 50 valence electrons. The molecular formula is C5H6O3S. The molecule has 0 aliphatic carbocycles. The lowest BCUT2D eigenvalue weighted by atomic mass is 10.1. The summed E-state index contributed by atoms with van der Waals surface area (Å²) in [6, 6.07) is 0. The summed E-state index contributed by atoms with van der Waals surface area (Å²) in [5.41, 5.74) is 0. The van der Waals surface area contributed by atoms with Gasteiger partial charge in [-0.15, -0.1) is 0 Å². The minimum atomic E-state index is -0.505. The number of carbonyl (C=O) groups excluding carboxylic acids is 2. The van der Waals surface area contributed by atoms with Crippen molar-refractivity contribution in [1.82, 2.24) is 0 Å². The number of carbonyl (C=O) groups is 2. The highest BCUT2D eigenvalue weighted by Crippen LogP contribution is 2.25. The van der Waals surface area contributed by atoms with Crippen molar-refractivity contribution in [3.05, 3.63) is 0 Å². The lowest BCUT2D eigenvalue weighted by molar-refractivity contribution is -0.137. The predicted octanol–water partition coefficient (Wildman–Crippen LogP) is 0.744. The molecule has 0 amide bonds. The number of hydrogen-bond donors (Lipinski definition) is 0. The molecule has 1 rings (SSSR count). The summed E-state index contributed by atoms with van der Waals surface area (Å²) in [6.45, 7) is 1.79. The third kappa shape index (κ3) is 1.08. The summed E-state index contributed by atoms with van der Waals surface area (Å²) in [5, 5.41) is -0.164. The summed E-state index contributed by atoms with van der Waals surface area (Å²) in [6.07, 6.45) is 0.546. The van der Waals surface area contributed by atoms with Crippen LogP contribution in [0.4, 0.5) is 0 Å². The molecule has 0 saturated carbocycles. The molecule has 9 heavy (non-hydrogen) atoms. The third-order valence-electron chi connectivity index (χ3n) is 1.18. The fraction of sp³-hybridized carbons (Fsp3) is 0.600. The van der Waals surface area contributed by atoms with Crippen LogP contribution < -0.4 is 0 Å². The summed E-state index contributed by atoms with van der Waals surface area (Å²) < 4.78 is 4.40. The number of rotatable bonds is 1. The molecule has 1 saturated heterocycles. The van der Waals surface area contributed by atoms with Gasteiger partial charge in [0.15, 0.2) is 0 Å². The standard InChI is InChI=1S/C5H6O3S/c1-2-3-4(6)8-9-5(3)7/h3H,2H2,1H3. The Kier molecular flexibility index (Phi) is 1.75. The SMILES string of the molecule is CCC1C(=O)OSC1=O. The van der Waals surface area contributed by atoms with Crippen molar-refractivity contribution in [3.8, 4) is 0 Å². The van der Waals surface area contributed by atoms with Gasteiger partial charge in [0.2, 0.25) is 5.12 Å². The van der Waals surface area contributed by atoms with Gasteiger partial charge in [0, 0.05) is 0 Å². The van der Waals surface area contributed by atoms with Crippen molar-refractivity contribution in [2.24, 2.45) is 5.92 Å². The maximum absolute atomic E-state index is 10.6. The molecule has 1 fully saturated rings. The molecule has 0 aromatic heterocycles. The highest BCUT2D eigenvalue weighted by molar-refractivity contribution is 8.10. The average Bonchev–Trinajstić information content (AvgIpc) is 2.12. The Hall–Kier alpha value is -0.510. The van der Waals surface area contributed by atoms with E-state index in [0.717, 1.165) is 0 Å². The largest absolute Gasteiger partial charge is 0.382 e. The molecule has 3 nitrogen and oxygen atoms in total. The van der Waals surface area contributed by atoms with Gasteiger partial charge in [-0.25, -0.2) is 0 Å². The molecule has 1 aliphatic heterocycles. The molecule has 1 aliphatic rings. The molecular weight excluding hydrogens is 140 g/mol. The first-order valence-corrected chi connectivity index (χ1v) is 3.42. The van der Waals surface area contributed by atoms with E-state index < -0.39 is 11.9 Å². The van der Waals surface area contributed by atoms with E-state index in [1.807, 2.05) is 0 Å². The Bertz CT molecular complexity index is 138. The van der Waals surface area contributed by atoms with Crippen LogP contribution in [0.2, 0.25) is 0 Å². The van der Waals surface area contributed by atoms with E-state index in [-0.39, 0.29) is 5.12 Å². The Morgan fingerprint density at radius 1 is 1.67 bits per heavy atom. The van der Waals surface area contributed by atoms with E-state index in [1.165, 1.54) is 0 Å². The van der Waals surface area contributed by atoms with E-state index in [2.05, 4.69) is 4.18 Å². The van der Waals surface area contributed by atoms with Crippen molar-refractivity contribution in [3.63, 3.8) is 0 Å². The molecule has 0 bridgehead atoms. The van der Waals surface area contributed by atoms with Crippen LogP contribution in [0, 0.1) is 5.92 Å². The highest BCUT2D eigenvalue weighted by Gasteiger charge is 2.35. The van der Waals surface area contributed by atoms with Crippen LogP contribution in [-0.4, -0.2) is 11.1 Å². The van der Waals surface area contributed by atoms with Crippen molar-refractivity contribution in [2.45, 2.75) is 13.3 Å². The van der Waals surface area contributed by atoms with Crippen molar-refractivity contribution in [1.29, 1.82) is 0 Å². The molecule has 0 aromatic rings. The molecule has 0 aromatic carbocycles. The third-order valence-corrected chi connectivity index (χ3v) is 1.88. The lowest BCUT2D eigenvalue weighted by Gasteiger charge is -1.92. The maximum atomic E-state index is 10.6. The van der Waals surface area contributed by atoms with Gasteiger partial charge in [-0.3, -0.25) is 9.59 Å². The average molecular weight is 146 g/mol. The first kappa shape index (κ1) is 6.61. The zero-order chi connectivity index (χ0) is 6.85. The summed E-state index contributed by atoms with van der Waals surface area (Å²) >= 11 is 0.650. The van der Waals surface area contributed by atoms with E-state index in [4.69, 9.17) is 0 Å². The molecule has 0 spiro atoms. The van der Waals surface area contributed by atoms with Gasteiger partial charge >= 0.3 is 5.97 Å². The van der Waals surface area contributed by atoms with E-state index in [9.17, 15) is 9.59 Å². The van der Waals surface area contributed by atoms with Crippen LogP contribution in [0.3, 0.4) is 0 Å². The van der Waals surface area contributed by atoms with Gasteiger partial charge in [0.25, 0.3) is 0 Å². The smallest absolute Gasteiger partial charge is 0.330 e. The molecule has 0 radical (unpaired) electrons. The Morgan fingerprint density at radius 2 is 2.33 bits per heavy atom. The maximum Gasteiger partial charge on any atom is 0.330 e. The summed E-state index contributed by atoms with van der Waals surface area (Å²) in [5.74, 6) is -0.900. The van der Waals surface area contributed by atoms with Crippen LogP contribution in [0.1, 0.15) is 13.3 Å². The van der Waals surface area contributed by atoms with Crippen LogP contribution in [-0.2, 0) is 13.8 Å². The first-order chi connectivity index (χ1) is 4.25. The molecule has 1 atom stereocenters. The van der Waals surface area contributed by atoms with E-state index >= 15 is 0 Å². The van der Waals surface area contributed by atoms with Gasteiger partial charge in [0.05, 0.1) is 0 Å². The summed E-state index contributed by atoms with van der Waals surface area (Å²) in [4.78, 5) is 21.2. The molecule has 1 heterocycles. The Labute approximate surface area is 57.0 Å². The monoisotopic (exact) mass is 146 g/mol. The van der Waals surface area contributed by atoms with Gasteiger partial charge in [-0.1, -0.05) is 6.92 Å². The van der Waals surface area contributed by atoms with Crippen molar-refractivity contribution >= 4 is 23.1 Å². The van der Waals surface area contributed by atoms with Gasteiger partial charge < -0.3 is 4.18 Å². The Morgan fingerprint density at radius 3 is 2.56 bits per heavy atom. The van der Waals surface area contributed by atoms with Crippen molar-refractivity contribution < 1.29 is 13.8 Å². The second-order valence-corrected chi connectivity index (χ2v) is 2.50. The van der Waals surface area contributed by atoms with Gasteiger partial charge in [0.1, 0.15) is 18.0 Å². The van der Waals surface area contributed by atoms with Crippen molar-refractivity contribution in [2.75, 3.05) is 0 Å². The minimum Gasteiger partial charge on any atom is -0.382 e. The Balaban J connectivity index is 2.66. The van der Waals surface area contributed by atoms with Crippen LogP contribution >= 0.6 is 12.0 Å². The molecule has 1 unspecified atom stereocenters.